The van der Waals surface area contributed by atoms with Crippen molar-refractivity contribution in [1.29, 1.82) is 0 Å². The van der Waals surface area contributed by atoms with Crippen molar-refractivity contribution < 1.29 is 39.2 Å². The fourth-order valence-corrected chi connectivity index (χ4v) is 6.93. The predicted octanol–water partition coefficient (Wildman–Crippen LogP) is 0.257. The van der Waals surface area contributed by atoms with Gasteiger partial charge in [0.05, 0.1) is 59.8 Å². The van der Waals surface area contributed by atoms with Gasteiger partial charge in [-0.1, -0.05) is 34.7 Å². The molecule has 4 aromatic heterocycles. The van der Waals surface area contributed by atoms with Crippen LogP contribution >= 0.6 is 0 Å². The number of nitrogens with zero attached hydrogens (tertiary/aromatic N) is 10. The van der Waals surface area contributed by atoms with E-state index in [2.05, 4.69) is 30.8 Å². The van der Waals surface area contributed by atoms with Gasteiger partial charge in [-0.05, 0) is 61.9 Å². The molecular formula is C36H40B2N10O8. The molecule has 18 nitrogen and oxygen atoms in total. The number of carbonyl (C=O) groups excluding carboxylic acids is 2. The van der Waals surface area contributed by atoms with Crippen molar-refractivity contribution in [2.75, 3.05) is 13.2 Å². The second-order valence-corrected chi connectivity index (χ2v) is 13.6. The highest BCUT2D eigenvalue weighted by Crippen LogP contribution is 2.56. The first-order chi connectivity index (χ1) is 27.0. The van der Waals surface area contributed by atoms with Gasteiger partial charge < -0.3 is 29.6 Å². The van der Waals surface area contributed by atoms with Crippen LogP contribution in [-0.4, -0.2) is 109 Å². The third kappa shape index (κ3) is 7.90. The van der Waals surface area contributed by atoms with E-state index in [9.17, 15) is 29.7 Å². The average molecular weight is 762 g/mol. The smallest absolute Gasteiger partial charge is 0.462 e. The molecule has 20 heteroatoms. The standard InChI is InChI=1S/2C18H20BN5O4/c2*1-3-28-18(25)15-9-20-24(12-6-4-5-11(7-12)19(26)27)17(15)14-8-13(14)16-10-23(2)22-21-16/h2*4-7,9-10,13-14,26-27H,3,8H2,1-2H3/t2*13-,14-/m10/s1. The second-order valence-electron chi connectivity index (χ2n) is 13.6. The summed E-state index contributed by atoms with van der Waals surface area (Å²) in [5, 5.41) is 63.1. The first kappa shape index (κ1) is 38.3. The lowest BCUT2D eigenvalue weighted by Gasteiger charge is -2.11. The molecule has 0 unspecified atom stereocenters. The Balaban J connectivity index is 0.000000172. The molecule has 0 spiro atoms. The lowest BCUT2D eigenvalue weighted by molar-refractivity contribution is 0.0515. The number of esters is 2. The van der Waals surface area contributed by atoms with Gasteiger partial charge in [0.1, 0.15) is 11.1 Å². The molecule has 4 N–H and O–H groups in total. The highest BCUT2D eigenvalue weighted by molar-refractivity contribution is 6.59. The maximum absolute atomic E-state index is 12.5. The molecule has 4 heterocycles. The first-order valence-corrected chi connectivity index (χ1v) is 18.1. The maximum atomic E-state index is 12.5. The summed E-state index contributed by atoms with van der Waals surface area (Å²) in [5.74, 6) is -0.478. The predicted molar refractivity (Wildman–Crippen MR) is 201 cm³/mol. The Labute approximate surface area is 321 Å². The van der Waals surface area contributed by atoms with E-state index in [-0.39, 0.29) is 36.9 Å². The Morgan fingerprint density at radius 3 is 1.43 bits per heavy atom. The molecular weight excluding hydrogens is 722 g/mol. The average Bonchev–Trinajstić information content (AvgIpc) is 3.84. The van der Waals surface area contributed by atoms with Crippen molar-refractivity contribution in [2.24, 2.45) is 14.1 Å². The lowest BCUT2D eigenvalue weighted by atomic mass is 9.80. The summed E-state index contributed by atoms with van der Waals surface area (Å²) in [6.45, 7) is 4.06. The van der Waals surface area contributed by atoms with Crippen molar-refractivity contribution in [2.45, 2.75) is 50.4 Å². The van der Waals surface area contributed by atoms with Crippen LogP contribution in [0.4, 0.5) is 0 Å². The van der Waals surface area contributed by atoms with E-state index in [0.29, 0.717) is 33.4 Å². The van der Waals surface area contributed by atoms with E-state index < -0.39 is 26.2 Å². The van der Waals surface area contributed by atoms with Gasteiger partial charge in [0.15, 0.2) is 0 Å². The van der Waals surface area contributed by atoms with E-state index in [4.69, 9.17) is 9.47 Å². The van der Waals surface area contributed by atoms with Crippen LogP contribution in [-0.2, 0) is 23.6 Å². The van der Waals surface area contributed by atoms with Gasteiger partial charge in [-0.2, -0.15) is 10.2 Å². The SMILES string of the molecule is CCOC(=O)c1cnn(-c2cccc(B(O)O)c2)c1[C@@H]1C[C@H]1c1cn(C)nn1.CCOC(=O)c1cnn(-c2cccc(B(O)O)c2)c1[C@H]1C[C@@H]1c1cn(C)nn1. The van der Waals surface area contributed by atoms with E-state index in [0.717, 1.165) is 35.6 Å². The topological polar surface area (TPSA) is 231 Å². The van der Waals surface area contributed by atoms with Gasteiger partial charge in [-0.3, -0.25) is 9.36 Å². The highest BCUT2D eigenvalue weighted by atomic mass is 16.5. The summed E-state index contributed by atoms with van der Waals surface area (Å²) in [4.78, 5) is 25.0. The summed E-state index contributed by atoms with van der Waals surface area (Å²) in [6, 6.07) is 13.5. The molecule has 2 aromatic carbocycles. The van der Waals surface area contributed by atoms with Gasteiger partial charge in [0, 0.05) is 50.2 Å². The minimum atomic E-state index is -1.59. The number of benzene rings is 2. The summed E-state index contributed by atoms with van der Waals surface area (Å²) < 4.78 is 17.0. The van der Waals surface area contributed by atoms with Crippen LogP contribution in [0.25, 0.3) is 11.4 Å². The van der Waals surface area contributed by atoms with Crippen LogP contribution in [0.1, 0.15) is 93.9 Å². The van der Waals surface area contributed by atoms with Crippen LogP contribution < -0.4 is 10.9 Å². The van der Waals surface area contributed by atoms with Crippen molar-refractivity contribution in [3.05, 3.63) is 107 Å². The molecule has 2 aliphatic carbocycles. The Hall–Kier alpha value is -5.95. The Morgan fingerprint density at radius 2 is 1.09 bits per heavy atom. The van der Waals surface area contributed by atoms with Crippen LogP contribution in [0.5, 0.6) is 0 Å². The molecule has 288 valence electrons. The Morgan fingerprint density at radius 1 is 0.679 bits per heavy atom. The van der Waals surface area contributed by atoms with Crippen LogP contribution in [0.2, 0.25) is 0 Å². The highest BCUT2D eigenvalue weighted by Gasteiger charge is 2.47. The fourth-order valence-electron chi connectivity index (χ4n) is 6.93. The molecule has 2 aliphatic rings. The largest absolute Gasteiger partial charge is 0.488 e. The number of carbonyl (C=O) groups is 2. The molecule has 0 bridgehead atoms. The molecule has 0 aliphatic heterocycles. The van der Waals surface area contributed by atoms with Crippen molar-refractivity contribution >= 4 is 37.1 Å². The van der Waals surface area contributed by atoms with Crippen LogP contribution in [0.3, 0.4) is 0 Å². The molecule has 2 fully saturated rings. The van der Waals surface area contributed by atoms with Gasteiger partial charge in [0.25, 0.3) is 0 Å². The van der Waals surface area contributed by atoms with E-state index in [1.54, 1.807) is 81.1 Å². The van der Waals surface area contributed by atoms with Crippen LogP contribution in [0, 0.1) is 0 Å². The normalized spacial score (nSPS) is 18.1. The van der Waals surface area contributed by atoms with E-state index in [1.807, 2.05) is 26.5 Å². The van der Waals surface area contributed by atoms with Crippen LogP contribution in [0.15, 0.2) is 73.3 Å². The Kier molecular flexibility index (Phi) is 11.0. The van der Waals surface area contributed by atoms with Gasteiger partial charge in [-0.15, -0.1) is 10.2 Å². The number of aromatic nitrogens is 10. The van der Waals surface area contributed by atoms with Gasteiger partial charge in [0.2, 0.25) is 0 Å². The molecule has 0 amide bonds. The second kappa shape index (κ2) is 16.0. The third-order valence-corrected chi connectivity index (χ3v) is 9.71. The quantitative estimate of drug-likeness (QED) is 0.0969. The van der Waals surface area contributed by atoms with Crippen molar-refractivity contribution in [3.8, 4) is 11.4 Å². The summed E-state index contributed by atoms with van der Waals surface area (Å²) in [7, 11) is 0.454. The number of hydrogen-bond donors (Lipinski definition) is 4. The van der Waals surface area contributed by atoms with E-state index in [1.165, 1.54) is 12.4 Å². The van der Waals surface area contributed by atoms with Crippen molar-refractivity contribution in [1.82, 2.24) is 49.5 Å². The lowest BCUT2D eigenvalue weighted by Crippen LogP contribution is -2.30. The number of hydrogen-bond acceptors (Lipinski definition) is 14. The zero-order valence-corrected chi connectivity index (χ0v) is 31.1. The summed E-state index contributed by atoms with van der Waals surface area (Å²) >= 11 is 0. The minimum absolute atomic E-state index is 0.0429. The Bertz CT molecular complexity index is 2190. The molecule has 4 atom stereocenters. The monoisotopic (exact) mass is 762 g/mol. The van der Waals surface area contributed by atoms with Crippen molar-refractivity contribution in [3.63, 3.8) is 0 Å². The molecule has 2 saturated carbocycles. The van der Waals surface area contributed by atoms with Gasteiger partial charge in [-0.25, -0.2) is 19.0 Å². The van der Waals surface area contributed by atoms with E-state index >= 15 is 0 Å². The minimum Gasteiger partial charge on any atom is -0.462 e. The number of ether oxygens (including phenoxy) is 2. The summed E-state index contributed by atoms with van der Waals surface area (Å²) in [6.07, 6.45) is 8.39. The summed E-state index contributed by atoms with van der Waals surface area (Å²) in [5.41, 5.74) is 6.00. The third-order valence-electron chi connectivity index (χ3n) is 9.71. The molecule has 56 heavy (non-hydrogen) atoms. The number of aryl methyl sites for hydroxylation is 2. The molecule has 8 rings (SSSR count). The first-order valence-electron chi connectivity index (χ1n) is 18.1. The fraction of sp³-hybridized carbons (Fsp3) is 0.333. The number of rotatable bonds is 12. The maximum Gasteiger partial charge on any atom is 0.488 e. The zero-order chi connectivity index (χ0) is 39.7. The zero-order valence-electron chi connectivity index (χ0n) is 31.1. The molecule has 0 saturated heterocycles. The van der Waals surface area contributed by atoms with Gasteiger partial charge >= 0.3 is 26.2 Å². The molecule has 0 radical (unpaired) electrons. The molecule has 6 aromatic rings.